The Balaban J connectivity index is 1.47. The quantitative estimate of drug-likeness (QED) is 0.844. The second-order valence-electron chi connectivity index (χ2n) is 5.62. The van der Waals surface area contributed by atoms with Gasteiger partial charge in [-0.1, -0.05) is 18.2 Å². The van der Waals surface area contributed by atoms with Crippen molar-refractivity contribution in [2.24, 2.45) is 10.2 Å². The molecule has 0 saturated carbocycles. The Hall–Kier alpha value is -1.91. The van der Waals surface area contributed by atoms with E-state index >= 15 is 0 Å². The molecular formula is C15H20N4O. The maximum atomic E-state index is 12.1. The number of hydrogen-bond donors (Lipinski definition) is 0. The Labute approximate surface area is 119 Å². The van der Waals surface area contributed by atoms with Crippen molar-refractivity contribution in [1.29, 1.82) is 0 Å². The first kappa shape index (κ1) is 13.1. The Bertz CT molecular complexity index is 500. The summed E-state index contributed by atoms with van der Waals surface area (Å²) in [7, 11) is 0. The van der Waals surface area contributed by atoms with Crippen LogP contribution in [0.1, 0.15) is 19.8 Å². The number of hydrogen-bond acceptors (Lipinski definition) is 4. The summed E-state index contributed by atoms with van der Waals surface area (Å²) in [6, 6.07) is 10.4. The van der Waals surface area contributed by atoms with Crippen molar-refractivity contribution in [1.82, 2.24) is 4.90 Å². The second kappa shape index (κ2) is 5.23. The van der Waals surface area contributed by atoms with Crippen LogP contribution in [0, 0.1) is 0 Å². The zero-order valence-corrected chi connectivity index (χ0v) is 11.8. The number of rotatable bonds is 4. The first-order chi connectivity index (χ1) is 9.66. The highest BCUT2D eigenvalue weighted by Crippen LogP contribution is 2.32. The van der Waals surface area contributed by atoms with Gasteiger partial charge in [-0.3, -0.25) is 4.79 Å². The molecule has 1 amide bonds. The van der Waals surface area contributed by atoms with Gasteiger partial charge < -0.3 is 9.80 Å². The predicted molar refractivity (Wildman–Crippen MR) is 77.7 cm³/mol. The molecule has 5 heteroatoms. The smallest absolute Gasteiger partial charge is 0.222 e. The van der Waals surface area contributed by atoms with Crippen molar-refractivity contribution in [3.05, 3.63) is 30.3 Å². The van der Waals surface area contributed by atoms with Gasteiger partial charge in [0.25, 0.3) is 0 Å². The van der Waals surface area contributed by atoms with Crippen LogP contribution in [0.2, 0.25) is 0 Å². The van der Waals surface area contributed by atoms with Crippen LogP contribution >= 0.6 is 0 Å². The van der Waals surface area contributed by atoms with Gasteiger partial charge in [-0.05, 0) is 19.1 Å². The molecule has 0 spiro atoms. The number of para-hydroxylation sites is 1. The molecule has 0 aromatic heterocycles. The third kappa shape index (κ3) is 2.98. The Morgan fingerprint density at radius 1 is 1.15 bits per heavy atom. The molecule has 2 aliphatic heterocycles. The average Bonchev–Trinajstić information content (AvgIpc) is 3.24. The normalized spacial score (nSPS) is 20.1. The molecular weight excluding hydrogens is 252 g/mol. The molecule has 0 bridgehead atoms. The van der Waals surface area contributed by atoms with Crippen molar-refractivity contribution < 1.29 is 4.79 Å². The molecule has 20 heavy (non-hydrogen) atoms. The van der Waals surface area contributed by atoms with E-state index in [0.29, 0.717) is 6.42 Å². The van der Waals surface area contributed by atoms with E-state index in [0.717, 1.165) is 32.6 Å². The van der Waals surface area contributed by atoms with Gasteiger partial charge in [-0.15, -0.1) is 0 Å². The van der Waals surface area contributed by atoms with Gasteiger partial charge >= 0.3 is 0 Å². The van der Waals surface area contributed by atoms with Crippen LogP contribution in [0.15, 0.2) is 40.6 Å². The number of carbonyl (C=O) groups is 1. The number of benzene rings is 1. The number of anilines is 1. The van der Waals surface area contributed by atoms with E-state index in [9.17, 15) is 4.79 Å². The van der Waals surface area contributed by atoms with Crippen molar-refractivity contribution in [2.75, 3.05) is 31.1 Å². The minimum absolute atomic E-state index is 0.233. The summed E-state index contributed by atoms with van der Waals surface area (Å²) in [5.74, 6) is 0.233. The fourth-order valence-corrected chi connectivity index (χ4v) is 2.54. The summed E-state index contributed by atoms with van der Waals surface area (Å²) < 4.78 is 0. The van der Waals surface area contributed by atoms with Gasteiger partial charge in [-0.25, -0.2) is 0 Å². The predicted octanol–water partition coefficient (Wildman–Crippen LogP) is 2.30. The first-order valence-corrected chi connectivity index (χ1v) is 7.18. The van der Waals surface area contributed by atoms with Gasteiger partial charge in [0.1, 0.15) is 0 Å². The van der Waals surface area contributed by atoms with Crippen LogP contribution in [0.3, 0.4) is 0 Å². The van der Waals surface area contributed by atoms with E-state index < -0.39 is 0 Å². The average molecular weight is 272 g/mol. The van der Waals surface area contributed by atoms with Gasteiger partial charge in [-0.2, -0.15) is 10.2 Å². The molecule has 1 aromatic rings. The van der Waals surface area contributed by atoms with Gasteiger partial charge in [0, 0.05) is 44.7 Å². The SMILES string of the molecule is CC1(CCC(=O)N2CCN(c3ccccc3)CC2)N=N1. The van der Waals surface area contributed by atoms with E-state index in [1.165, 1.54) is 5.69 Å². The molecule has 106 valence electrons. The summed E-state index contributed by atoms with van der Waals surface area (Å²) in [5.41, 5.74) is 0.976. The molecule has 0 N–H and O–H groups in total. The Morgan fingerprint density at radius 3 is 2.40 bits per heavy atom. The highest BCUT2D eigenvalue weighted by Gasteiger charge is 2.34. The zero-order valence-electron chi connectivity index (χ0n) is 11.8. The summed E-state index contributed by atoms with van der Waals surface area (Å²) in [4.78, 5) is 16.4. The number of amides is 1. The van der Waals surface area contributed by atoms with Crippen LogP contribution in [-0.2, 0) is 4.79 Å². The van der Waals surface area contributed by atoms with E-state index in [1.807, 2.05) is 17.9 Å². The van der Waals surface area contributed by atoms with Gasteiger partial charge in [0.2, 0.25) is 5.91 Å². The topological polar surface area (TPSA) is 48.3 Å². The van der Waals surface area contributed by atoms with Crippen LogP contribution in [0.5, 0.6) is 0 Å². The summed E-state index contributed by atoms with van der Waals surface area (Å²) in [6.45, 7) is 5.38. The van der Waals surface area contributed by atoms with E-state index in [1.54, 1.807) is 0 Å². The lowest BCUT2D eigenvalue weighted by atomic mass is 10.1. The minimum Gasteiger partial charge on any atom is -0.368 e. The van der Waals surface area contributed by atoms with Crippen molar-refractivity contribution in [3.63, 3.8) is 0 Å². The zero-order chi connectivity index (χ0) is 14.0. The van der Waals surface area contributed by atoms with Gasteiger partial charge in [0.15, 0.2) is 5.66 Å². The molecule has 2 aliphatic rings. The van der Waals surface area contributed by atoms with E-state index in [-0.39, 0.29) is 11.6 Å². The van der Waals surface area contributed by atoms with E-state index in [4.69, 9.17) is 0 Å². The minimum atomic E-state index is -0.262. The van der Waals surface area contributed by atoms with E-state index in [2.05, 4.69) is 39.4 Å². The summed E-state index contributed by atoms with van der Waals surface area (Å²) >= 11 is 0. The lowest BCUT2D eigenvalue weighted by Crippen LogP contribution is -2.48. The van der Waals surface area contributed by atoms with Crippen LogP contribution in [0.4, 0.5) is 5.69 Å². The Morgan fingerprint density at radius 2 is 1.80 bits per heavy atom. The molecule has 0 aliphatic carbocycles. The standard InChI is InChI=1S/C15H20N4O/c1-15(16-17-15)8-7-14(20)19-11-9-18(10-12-19)13-5-3-2-4-6-13/h2-6H,7-12H2,1H3. The fraction of sp³-hybridized carbons (Fsp3) is 0.533. The molecule has 2 heterocycles. The lowest BCUT2D eigenvalue weighted by molar-refractivity contribution is -0.131. The molecule has 5 nitrogen and oxygen atoms in total. The third-order valence-corrected chi connectivity index (χ3v) is 4.01. The van der Waals surface area contributed by atoms with Crippen molar-refractivity contribution >= 4 is 11.6 Å². The first-order valence-electron chi connectivity index (χ1n) is 7.18. The summed E-state index contributed by atoms with van der Waals surface area (Å²) in [6.07, 6.45) is 1.29. The number of nitrogens with zero attached hydrogens (tertiary/aromatic N) is 4. The molecule has 3 rings (SSSR count). The monoisotopic (exact) mass is 272 g/mol. The van der Waals surface area contributed by atoms with Crippen LogP contribution in [-0.4, -0.2) is 42.6 Å². The highest BCUT2D eigenvalue weighted by molar-refractivity contribution is 5.76. The molecule has 1 aromatic carbocycles. The maximum Gasteiger partial charge on any atom is 0.222 e. The molecule has 1 fully saturated rings. The fourth-order valence-electron chi connectivity index (χ4n) is 2.54. The summed E-state index contributed by atoms with van der Waals surface area (Å²) in [5, 5.41) is 7.90. The van der Waals surface area contributed by atoms with Crippen LogP contribution in [0.25, 0.3) is 0 Å². The molecule has 0 atom stereocenters. The molecule has 0 radical (unpaired) electrons. The van der Waals surface area contributed by atoms with Crippen LogP contribution < -0.4 is 4.90 Å². The third-order valence-electron chi connectivity index (χ3n) is 4.01. The number of piperazine rings is 1. The second-order valence-corrected chi connectivity index (χ2v) is 5.62. The lowest BCUT2D eigenvalue weighted by Gasteiger charge is -2.36. The molecule has 0 unspecified atom stereocenters. The van der Waals surface area contributed by atoms with Crippen molar-refractivity contribution in [2.45, 2.75) is 25.4 Å². The highest BCUT2D eigenvalue weighted by atomic mass is 16.2. The van der Waals surface area contributed by atoms with Gasteiger partial charge in [0.05, 0.1) is 0 Å². The molecule has 1 saturated heterocycles. The largest absolute Gasteiger partial charge is 0.368 e. The number of carbonyl (C=O) groups excluding carboxylic acids is 1. The van der Waals surface area contributed by atoms with Crippen molar-refractivity contribution in [3.8, 4) is 0 Å². The Kier molecular flexibility index (Phi) is 3.42. The maximum absolute atomic E-state index is 12.1.